The summed E-state index contributed by atoms with van der Waals surface area (Å²) in [5, 5.41) is 2.71. The third-order valence-electron chi connectivity index (χ3n) is 3.66. The molecule has 6 nitrogen and oxygen atoms in total. The molecule has 0 bridgehead atoms. The van der Waals surface area contributed by atoms with Crippen molar-refractivity contribution in [3.05, 3.63) is 23.8 Å². The number of benzene rings is 1. The van der Waals surface area contributed by atoms with E-state index >= 15 is 0 Å². The molecular weight excluding hydrogens is 290 g/mol. The Hall–Kier alpha value is -1.44. The van der Waals surface area contributed by atoms with Gasteiger partial charge in [-0.05, 0) is 37.6 Å². The number of nitrogens with one attached hydrogen (secondary N) is 2. The summed E-state index contributed by atoms with van der Waals surface area (Å²) >= 11 is 0. The van der Waals surface area contributed by atoms with Crippen LogP contribution in [0.1, 0.15) is 25.8 Å². The third kappa shape index (κ3) is 4.03. The van der Waals surface area contributed by atoms with E-state index in [2.05, 4.69) is 10.0 Å². The first-order valence-electron chi connectivity index (χ1n) is 6.84. The number of rotatable bonds is 6. The summed E-state index contributed by atoms with van der Waals surface area (Å²) in [6.07, 6.45) is 0.793. The molecule has 1 amide bonds. The summed E-state index contributed by atoms with van der Waals surface area (Å²) < 4.78 is 26.1. The van der Waals surface area contributed by atoms with E-state index in [4.69, 9.17) is 5.73 Å². The molecule has 4 N–H and O–H groups in total. The molecule has 7 heteroatoms. The van der Waals surface area contributed by atoms with Crippen molar-refractivity contribution in [1.82, 2.24) is 4.72 Å². The van der Waals surface area contributed by atoms with Crippen molar-refractivity contribution in [2.45, 2.75) is 38.1 Å². The lowest BCUT2D eigenvalue weighted by Gasteiger charge is -2.19. The van der Waals surface area contributed by atoms with Gasteiger partial charge in [0.1, 0.15) is 0 Å². The maximum absolute atomic E-state index is 12.1. The van der Waals surface area contributed by atoms with E-state index in [9.17, 15) is 13.2 Å². The Balaban J connectivity index is 3.07. The van der Waals surface area contributed by atoms with Crippen LogP contribution in [0, 0.1) is 12.8 Å². The highest BCUT2D eigenvalue weighted by atomic mass is 32.2. The second-order valence-electron chi connectivity index (χ2n) is 5.04. The fourth-order valence-electron chi connectivity index (χ4n) is 1.88. The first-order chi connectivity index (χ1) is 9.74. The average molecular weight is 313 g/mol. The molecule has 0 aliphatic heterocycles. The number of nitrogens with two attached hydrogens (primary N) is 1. The number of carbonyl (C=O) groups excluding carboxylic acids is 1. The van der Waals surface area contributed by atoms with Gasteiger partial charge in [0, 0.05) is 5.69 Å². The zero-order valence-corrected chi connectivity index (χ0v) is 13.6. The van der Waals surface area contributed by atoms with Crippen LogP contribution in [0.4, 0.5) is 5.69 Å². The molecule has 0 saturated carbocycles. The number of hydrogen-bond acceptors (Lipinski definition) is 4. The van der Waals surface area contributed by atoms with Gasteiger partial charge in [0.05, 0.1) is 10.9 Å². The molecule has 118 valence electrons. The molecule has 0 aliphatic carbocycles. The first kappa shape index (κ1) is 17.6. The van der Waals surface area contributed by atoms with Crippen molar-refractivity contribution in [3.8, 4) is 0 Å². The molecule has 1 aromatic rings. The van der Waals surface area contributed by atoms with E-state index in [1.165, 1.54) is 13.1 Å². The summed E-state index contributed by atoms with van der Waals surface area (Å²) in [5.74, 6) is -0.263. The zero-order valence-electron chi connectivity index (χ0n) is 12.8. The first-order valence-corrected chi connectivity index (χ1v) is 8.32. The second kappa shape index (κ2) is 7.02. The Kier molecular flexibility index (Phi) is 5.88. The molecule has 21 heavy (non-hydrogen) atoms. The Morgan fingerprint density at radius 3 is 2.52 bits per heavy atom. The molecule has 0 fully saturated rings. The molecule has 1 aromatic carbocycles. The fourth-order valence-corrected chi connectivity index (χ4v) is 2.87. The van der Waals surface area contributed by atoms with Gasteiger partial charge < -0.3 is 11.1 Å². The highest BCUT2D eigenvalue weighted by Gasteiger charge is 2.22. The molecule has 0 spiro atoms. The van der Waals surface area contributed by atoms with Crippen LogP contribution < -0.4 is 15.8 Å². The minimum absolute atomic E-state index is 0.0505. The minimum Gasteiger partial charge on any atom is -0.324 e. The fraction of sp³-hybridized carbons (Fsp3) is 0.500. The summed E-state index contributed by atoms with van der Waals surface area (Å²) in [7, 11) is -2.21. The van der Waals surface area contributed by atoms with Crippen LogP contribution in [-0.2, 0) is 14.8 Å². The molecule has 0 aromatic heterocycles. The van der Waals surface area contributed by atoms with Gasteiger partial charge >= 0.3 is 0 Å². The van der Waals surface area contributed by atoms with Gasteiger partial charge in [-0.1, -0.05) is 26.3 Å². The lowest BCUT2D eigenvalue weighted by molar-refractivity contribution is -0.118. The molecule has 0 radical (unpaired) electrons. The van der Waals surface area contributed by atoms with E-state index in [0.29, 0.717) is 11.3 Å². The standard InChI is InChI=1S/C14H23N3O3S/c1-5-9(2)13(15)14(18)17-11-7-6-8-12(10(11)3)21(19,20)16-4/h6-9,13,16H,5,15H2,1-4H3,(H,17,18). The van der Waals surface area contributed by atoms with Gasteiger partial charge in [-0.15, -0.1) is 0 Å². The van der Waals surface area contributed by atoms with E-state index < -0.39 is 16.1 Å². The monoisotopic (exact) mass is 313 g/mol. The Bertz CT molecular complexity index is 614. The van der Waals surface area contributed by atoms with Gasteiger partial charge in [0.2, 0.25) is 15.9 Å². The SMILES string of the molecule is CCC(C)C(N)C(=O)Nc1cccc(S(=O)(=O)NC)c1C. The number of hydrogen-bond donors (Lipinski definition) is 3. The highest BCUT2D eigenvalue weighted by Crippen LogP contribution is 2.23. The Morgan fingerprint density at radius 1 is 1.38 bits per heavy atom. The maximum atomic E-state index is 12.1. The third-order valence-corrected chi connectivity index (χ3v) is 5.22. The van der Waals surface area contributed by atoms with Crippen molar-refractivity contribution >= 4 is 21.6 Å². The van der Waals surface area contributed by atoms with Crippen LogP contribution in [0.3, 0.4) is 0 Å². The van der Waals surface area contributed by atoms with Gasteiger partial charge in [0.15, 0.2) is 0 Å². The van der Waals surface area contributed by atoms with Crippen LogP contribution in [0.15, 0.2) is 23.1 Å². The highest BCUT2D eigenvalue weighted by molar-refractivity contribution is 7.89. The summed E-state index contributed by atoms with van der Waals surface area (Å²) in [4.78, 5) is 12.2. The van der Waals surface area contributed by atoms with Gasteiger partial charge in [0.25, 0.3) is 0 Å². The Labute approximate surface area is 126 Å². The molecule has 0 heterocycles. The molecular formula is C14H23N3O3S. The smallest absolute Gasteiger partial charge is 0.241 e. The number of sulfonamides is 1. The van der Waals surface area contributed by atoms with E-state index in [1.54, 1.807) is 19.1 Å². The Morgan fingerprint density at radius 2 is 2.00 bits per heavy atom. The van der Waals surface area contributed by atoms with Crippen molar-refractivity contribution in [2.24, 2.45) is 11.7 Å². The quantitative estimate of drug-likeness (QED) is 0.735. The lowest BCUT2D eigenvalue weighted by atomic mass is 9.99. The molecule has 0 saturated heterocycles. The van der Waals surface area contributed by atoms with Crippen molar-refractivity contribution < 1.29 is 13.2 Å². The van der Waals surface area contributed by atoms with E-state index in [1.807, 2.05) is 13.8 Å². The van der Waals surface area contributed by atoms with Crippen molar-refractivity contribution in [1.29, 1.82) is 0 Å². The largest absolute Gasteiger partial charge is 0.324 e. The lowest BCUT2D eigenvalue weighted by Crippen LogP contribution is -2.40. The zero-order chi connectivity index (χ0) is 16.2. The summed E-state index contributed by atoms with van der Waals surface area (Å²) in [6.45, 7) is 5.51. The van der Waals surface area contributed by atoms with Crippen LogP contribution >= 0.6 is 0 Å². The normalized spacial score (nSPS) is 14.5. The number of carbonyl (C=O) groups is 1. The van der Waals surface area contributed by atoms with Crippen molar-refractivity contribution in [2.75, 3.05) is 12.4 Å². The molecule has 2 atom stereocenters. The van der Waals surface area contributed by atoms with E-state index in [-0.39, 0.29) is 16.7 Å². The van der Waals surface area contributed by atoms with Gasteiger partial charge in [-0.25, -0.2) is 13.1 Å². The predicted molar refractivity (Wildman–Crippen MR) is 83.5 cm³/mol. The molecule has 0 aliphatic rings. The van der Waals surface area contributed by atoms with E-state index in [0.717, 1.165) is 6.42 Å². The van der Waals surface area contributed by atoms with Gasteiger partial charge in [-0.2, -0.15) is 0 Å². The predicted octanol–water partition coefficient (Wildman–Crippen LogP) is 1.22. The topological polar surface area (TPSA) is 101 Å². The van der Waals surface area contributed by atoms with Gasteiger partial charge in [-0.3, -0.25) is 4.79 Å². The maximum Gasteiger partial charge on any atom is 0.241 e. The summed E-state index contributed by atoms with van der Waals surface area (Å²) in [6, 6.07) is 4.11. The number of anilines is 1. The van der Waals surface area contributed by atoms with Crippen LogP contribution in [0.25, 0.3) is 0 Å². The van der Waals surface area contributed by atoms with Crippen LogP contribution in [-0.4, -0.2) is 27.4 Å². The van der Waals surface area contributed by atoms with Crippen molar-refractivity contribution in [3.63, 3.8) is 0 Å². The molecule has 1 rings (SSSR count). The van der Waals surface area contributed by atoms with Crippen LogP contribution in [0.2, 0.25) is 0 Å². The second-order valence-corrected chi connectivity index (χ2v) is 6.89. The summed E-state index contributed by atoms with van der Waals surface area (Å²) in [5.41, 5.74) is 6.81. The van der Waals surface area contributed by atoms with Crippen LogP contribution in [0.5, 0.6) is 0 Å². The average Bonchev–Trinajstić information content (AvgIpc) is 2.47. The molecule has 2 unspecified atom stereocenters. The minimum atomic E-state index is -3.56. The number of amides is 1.